The third kappa shape index (κ3) is 8.71. The minimum atomic E-state index is 0.916. The van der Waals surface area contributed by atoms with E-state index in [2.05, 4.69) is 309 Å². The topological polar surface area (TPSA) is 43.7 Å². The van der Waals surface area contributed by atoms with E-state index < -0.39 is 0 Å². The molecule has 7 heteroatoms. The lowest BCUT2D eigenvalue weighted by Crippen LogP contribution is -2.12. The highest BCUT2D eigenvalue weighted by atomic mass is 15.2. The quantitative estimate of drug-likeness (QED) is 0.115. The molecular weight excluding hydrogens is 963 g/mol. The molecule has 0 fully saturated rings. The number of pyridine rings is 2. The summed E-state index contributed by atoms with van der Waals surface area (Å²) in [4.78, 5) is 19.3. The van der Waals surface area contributed by atoms with Gasteiger partial charge in [0.15, 0.2) is 0 Å². The fourth-order valence-electron chi connectivity index (χ4n) is 11.2. The van der Waals surface area contributed by atoms with E-state index >= 15 is 0 Å². The van der Waals surface area contributed by atoms with Crippen molar-refractivity contribution in [1.29, 1.82) is 0 Å². The van der Waals surface area contributed by atoms with Crippen LogP contribution in [0.5, 0.6) is 0 Å². The third-order valence-corrected chi connectivity index (χ3v) is 14.8. The molecule has 0 unspecified atom stereocenters. The molecular formula is C72H51N7. The summed E-state index contributed by atoms with van der Waals surface area (Å²) in [6.07, 6.45) is 3.77. The van der Waals surface area contributed by atoms with Crippen LogP contribution in [0, 0.1) is 0 Å². The van der Waals surface area contributed by atoms with Gasteiger partial charge < -0.3 is 24.2 Å². The van der Waals surface area contributed by atoms with Crippen molar-refractivity contribution in [3.8, 4) is 5.69 Å². The van der Waals surface area contributed by atoms with Crippen LogP contribution in [0.15, 0.2) is 310 Å². The first kappa shape index (κ1) is 46.7. The lowest BCUT2D eigenvalue weighted by molar-refractivity contribution is 1.18. The molecule has 79 heavy (non-hydrogen) atoms. The Morgan fingerprint density at radius 2 is 0.544 bits per heavy atom. The normalized spacial score (nSPS) is 11.3. The predicted octanol–water partition coefficient (Wildman–Crippen LogP) is 19.8. The van der Waals surface area contributed by atoms with Crippen LogP contribution in [0.3, 0.4) is 0 Å². The second-order valence-electron chi connectivity index (χ2n) is 19.5. The Morgan fingerprint density at radius 1 is 0.241 bits per heavy atom. The molecule has 0 aliphatic carbocycles. The molecule has 0 aliphatic rings. The molecule has 3 aromatic heterocycles. The number of hydrogen-bond acceptors (Lipinski definition) is 6. The van der Waals surface area contributed by atoms with Crippen LogP contribution in [-0.2, 0) is 0 Å². The second-order valence-corrected chi connectivity index (χ2v) is 19.5. The van der Waals surface area contributed by atoms with Gasteiger partial charge in [-0.3, -0.25) is 9.97 Å². The van der Waals surface area contributed by atoms with E-state index in [0.29, 0.717) is 0 Å². The van der Waals surface area contributed by atoms with Crippen molar-refractivity contribution in [3.05, 3.63) is 310 Å². The minimum Gasteiger partial charge on any atom is -0.311 e. The zero-order chi connectivity index (χ0) is 52.5. The number of fused-ring (bicyclic) bond motifs is 5. The molecule has 7 nitrogen and oxygen atoms in total. The van der Waals surface area contributed by atoms with Gasteiger partial charge in [0.1, 0.15) is 0 Å². The molecule has 0 spiro atoms. The third-order valence-electron chi connectivity index (χ3n) is 14.8. The monoisotopic (exact) mass is 1010 g/mol. The molecule has 0 radical (unpaired) electrons. The van der Waals surface area contributed by atoms with Gasteiger partial charge in [-0.05, 0) is 170 Å². The first-order chi connectivity index (χ1) is 39.2. The number of aromatic nitrogens is 3. The highest BCUT2D eigenvalue weighted by Gasteiger charge is 2.24. The van der Waals surface area contributed by atoms with E-state index in [4.69, 9.17) is 9.97 Å². The SMILES string of the molecule is c1ccc(N(c2ccccc2)c2ccc(N(c3ccc4c(c3)c3cc(N(c5ccc(N(c6ccccc6)c6ccccc6)cc5)c5cccc6cccnc56)ccc3n4-c3ccccc3)c3cccc4cccnc34)cc2)cc1. The van der Waals surface area contributed by atoms with Crippen LogP contribution in [0.4, 0.5) is 68.2 Å². The van der Waals surface area contributed by atoms with Gasteiger partial charge in [0.05, 0.1) is 33.4 Å². The number of hydrogen-bond donors (Lipinski definition) is 0. The average molecular weight is 1010 g/mol. The summed E-state index contributed by atoms with van der Waals surface area (Å²) in [6, 6.07) is 106. The summed E-state index contributed by atoms with van der Waals surface area (Å²) in [7, 11) is 0. The van der Waals surface area contributed by atoms with Gasteiger partial charge >= 0.3 is 0 Å². The maximum Gasteiger partial charge on any atom is 0.0942 e. The van der Waals surface area contributed by atoms with E-state index in [1.807, 2.05) is 24.5 Å². The molecule has 11 aromatic carbocycles. The molecule has 0 N–H and O–H groups in total. The maximum absolute atomic E-state index is 5.02. The molecule has 0 saturated heterocycles. The standard InChI is InChI=1S/C72H51N7/c1-6-24-54(25-7-1)75(55-26-8-2-9-27-55)59-36-40-61(41-37-59)77(69-34-16-20-52-22-18-48-73-71(52)69)63-44-46-67-65(50-63)66-51-64(45-47-68(66)79(67)58-32-14-5-15-33-58)78(70-35-17-21-53-23-19-49-74-72(53)70)62-42-38-60(39-43-62)76(56-28-10-3-11-29-56)57-30-12-4-13-31-57/h1-51H. The van der Waals surface area contributed by atoms with Crippen molar-refractivity contribution in [2.75, 3.05) is 19.6 Å². The van der Waals surface area contributed by atoms with Crippen LogP contribution < -0.4 is 19.6 Å². The minimum absolute atomic E-state index is 0.916. The number of benzene rings is 11. The molecule has 14 aromatic rings. The van der Waals surface area contributed by atoms with Crippen molar-refractivity contribution in [3.63, 3.8) is 0 Å². The fraction of sp³-hybridized carbons (Fsp3) is 0. The fourth-order valence-corrected chi connectivity index (χ4v) is 11.2. The van der Waals surface area contributed by atoms with Crippen LogP contribution in [0.1, 0.15) is 0 Å². The molecule has 14 rings (SSSR count). The second kappa shape index (κ2) is 20.4. The summed E-state index contributed by atoms with van der Waals surface area (Å²) in [5.41, 5.74) is 17.5. The molecule has 374 valence electrons. The average Bonchev–Trinajstić information content (AvgIpc) is 4.01. The highest BCUT2D eigenvalue weighted by Crippen LogP contribution is 2.46. The van der Waals surface area contributed by atoms with Crippen molar-refractivity contribution < 1.29 is 0 Å². The predicted molar refractivity (Wildman–Crippen MR) is 330 cm³/mol. The summed E-state index contributed by atoms with van der Waals surface area (Å²) >= 11 is 0. The van der Waals surface area contributed by atoms with Crippen LogP contribution >= 0.6 is 0 Å². The smallest absolute Gasteiger partial charge is 0.0942 e. The van der Waals surface area contributed by atoms with Crippen LogP contribution in [0.25, 0.3) is 49.3 Å². The van der Waals surface area contributed by atoms with Gasteiger partial charge in [-0.25, -0.2) is 0 Å². The van der Waals surface area contributed by atoms with Gasteiger partial charge in [-0.2, -0.15) is 0 Å². The number of para-hydroxylation sites is 7. The van der Waals surface area contributed by atoms with Crippen molar-refractivity contribution >= 4 is 112 Å². The van der Waals surface area contributed by atoms with Gasteiger partial charge in [0, 0.05) is 96.5 Å². The van der Waals surface area contributed by atoms with Crippen LogP contribution in [0.2, 0.25) is 0 Å². The van der Waals surface area contributed by atoms with Crippen molar-refractivity contribution in [2.45, 2.75) is 0 Å². The largest absolute Gasteiger partial charge is 0.311 e. The summed E-state index contributed by atoms with van der Waals surface area (Å²) in [6.45, 7) is 0. The number of rotatable bonds is 13. The summed E-state index contributed by atoms with van der Waals surface area (Å²) < 4.78 is 2.39. The lowest BCUT2D eigenvalue weighted by Gasteiger charge is -2.29. The summed E-state index contributed by atoms with van der Waals surface area (Å²) in [5.74, 6) is 0. The lowest BCUT2D eigenvalue weighted by atomic mass is 10.1. The van der Waals surface area contributed by atoms with E-state index in [1.165, 1.54) is 0 Å². The van der Waals surface area contributed by atoms with E-state index in [0.717, 1.165) is 118 Å². The molecule has 0 bridgehead atoms. The molecule has 3 heterocycles. The number of nitrogens with zero attached hydrogens (tertiary/aromatic N) is 7. The Bertz CT molecular complexity index is 4060. The molecule has 0 atom stereocenters. The number of anilines is 12. The Kier molecular flexibility index (Phi) is 12.1. The Balaban J connectivity index is 0.957. The van der Waals surface area contributed by atoms with Gasteiger partial charge in [0.2, 0.25) is 0 Å². The van der Waals surface area contributed by atoms with E-state index in [9.17, 15) is 0 Å². The van der Waals surface area contributed by atoms with Gasteiger partial charge in [0.25, 0.3) is 0 Å². The first-order valence-corrected chi connectivity index (χ1v) is 26.6. The van der Waals surface area contributed by atoms with Gasteiger partial charge in [-0.15, -0.1) is 0 Å². The van der Waals surface area contributed by atoms with Gasteiger partial charge in [-0.1, -0.05) is 127 Å². The van der Waals surface area contributed by atoms with E-state index in [1.54, 1.807) is 0 Å². The molecule has 0 amide bonds. The first-order valence-electron chi connectivity index (χ1n) is 26.6. The molecule has 0 aliphatic heterocycles. The Hall–Kier alpha value is -10.8. The highest BCUT2D eigenvalue weighted by molar-refractivity contribution is 6.13. The van der Waals surface area contributed by atoms with Crippen molar-refractivity contribution in [2.24, 2.45) is 0 Å². The molecule has 0 saturated carbocycles. The summed E-state index contributed by atoms with van der Waals surface area (Å²) in [5, 5.41) is 4.35. The maximum atomic E-state index is 5.02. The zero-order valence-electron chi connectivity index (χ0n) is 43.1. The van der Waals surface area contributed by atoms with E-state index in [-0.39, 0.29) is 0 Å². The Morgan fingerprint density at radius 3 is 0.911 bits per heavy atom. The van der Waals surface area contributed by atoms with Crippen molar-refractivity contribution in [1.82, 2.24) is 14.5 Å². The Labute approximate surface area is 459 Å². The zero-order valence-corrected chi connectivity index (χ0v) is 43.1. The van der Waals surface area contributed by atoms with Crippen LogP contribution in [-0.4, -0.2) is 14.5 Å².